The molecular formula is C14H17N3O4. The number of rotatable bonds is 3. The zero-order valence-corrected chi connectivity index (χ0v) is 12.0. The van der Waals surface area contributed by atoms with Crippen LogP contribution < -0.4 is 5.73 Å². The van der Waals surface area contributed by atoms with E-state index in [2.05, 4.69) is 19.0 Å². The van der Waals surface area contributed by atoms with Crippen molar-refractivity contribution in [2.24, 2.45) is 27.6 Å². The van der Waals surface area contributed by atoms with Gasteiger partial charge in [-0.3, -0.25) is 4.79 Å². The quantitative estimate of drug-likeness (QED) is 0.461. The van der Waals surface area contributed by atoms with Crippen molar-refractivity contribution >= 4 is 17.6 Å². The molecule has 7 heteroatoms. The van der Waals surface area contributed by atoms with Gasteiger partial charge in [-0.05, 0) is 25.2 Å². The number of nitrogens with zero attached hydrogens (tertiary/aromatic N) is 2. The Morgan fingerprint density at radius 1 is 1.48 bits per heavy atom. The molecule has 4 atom stereocenters. The van der Waals surface area contributed by atoms with Gasteiger partial charge < -0.3 is 15.3 Å². The van der Waals surface area contributed by atoms with Crippen LogP contribution in [-0.2, 0) is 19.2 Å². The average molecular weight is 291 g/mol. The molecule has 1 saturated heterocycles. The Balaban J connectivity index is 1.87. The smallest absolute Gasteiger partial charge is 0.364 e. The van der Waals surface area contributed by atoms with Gasteiger partial charge in [0, 0.05) is 10.8 Å². The maximum atomic E-state index is 12.5. The van der Waals surface area contributed by atoms with E-state index in [1.54, 1.807) is 0 Å². The maximum absolute atomic E-state index is 12.5. The molecule has 21 heavy (non-hydrogen) atoms. The Morgan fingerprint density at radius 3 is 2.71 bits per heavy atom. The van der Waals surface area contributed by atoms with E-state index in [9.17, 15) is 9.59 Å². The Bertz CT molecular complexity index is 610. The third kappa shape index (κ3) is 1.43. The highest BCUT2D eigenvalue weighted by molar-refractivity contribution is 6.44. The fourth-order valence-electron chi connectivity index (χ4n) is 4.50. The van der Waals surface area contributed by atoms with Gasteiger partial charge in [-0.1, -0.05) is 19.0 Å². The van der Waals surface area contributed by atoms with E-state index < -0.39 is 23.2 Å². The minimum Gasteiger partial charge on any atom is -0.364 e. The van der Waals surface area contributed by atoms with Gasteiger partial charge >= 0.3 is 5.97 Å². The van der Waals surface area contributed by atoms with Crippen LogP contribution in [0.15, 0.2) is 5.16 Å². The number of hydrogen-bond acceptors (Lipinski definition) is 6. The first-order valence-corrected chi connectivity index (χ1v) is 6.94. The first kappa shape index (κ1) is 14.0. The van der Waals surface area contributed by atoms with Crippen LogP contribution in [-0.4, -0.2) is 29.8 Å². The lowest BCUT2D eigenvalue weighted by Crippen LogP contribution is -2.50. The number of ether oxygens (including phenoxy) is 1. The van der Waals surface area contributed by atoms with Crippen molar-refractivity contribution < 1.29 is 19.2 Å². The summed E-state index contributed by atoms with van der Waals surface area (Å²) in [4.78, 5) is 28.2. The lowest BCUT2D eigenvalue weighted by atomic mass is 9.66. The number of carbonyl (C=O) groups is 2. The fraction of sp³-hybridized carbons (Fsp3) is 0.714. The van der Waals surface area contributed by atoms with Crippen LogP contribution >= 0.6 is 0 Å². The van der Waals surface area contributed by atoms with E-state index in [1.165, 1.54) is 6.07 Å². The van der Waals surface area contributed by atoms with Gasteiger partial charge in [0.05, 0.1) is 6.61 Å². The van der Waals surface area contributed by atoms with Crippen molar-refractivity contribution in [2.75, 3.05) is 6.61 Å². The van der Waals surface area contributed by atoms with Gasteiger partial charge in [-0.25, -0.2) is 4.79 Å². The Kier molecular flexibility index (Phi) is 2.70. The molecule has 4 unspecified atom stereocenters. The number of oxime groups is 1. The van der Waals surface area contributed by atoms with Crippen LogP contribution in [0.2, 0.25) is 0 Å². The van der Waals surface area contributed by atoms with E-state index in [4.69, 9.17) is 20.6 Å². The maximum Gasteiger partial charge on any atom is 0.367 e. The number of nitrogens with two attached hydrogens (primary N) is 1. The van der Waals surface area contributed by atoms with Crippen LogP contribution in [0.1, 0.15) is 33.1 Å². The molecule has 2 aliphatic carbocycles. The summed E-state index contributed by atoms with van der Waals surface area (Å²) in [6, 6.07) is 1.50. The standard InChI is InChI=1S/C14H17N3O4/c1-12-7-20-14(5-8(12)3-4-13(12,14)2)11(19)21-17-9(6-15)10(16)18/h8H,3-5,7H2,1-2H3,(H2,16,18)/b17-9-. The van der Waals surface area contributed by atoms with Gasteiger partial charge in [-0.2, -0.15) is 5.26 Å². The molecule has 0 aromatic heterocycles. The second kappa shape index (κ2) is 4.04. The largest absolute Gasteiger partial charge is 0.367 e. The molecule has 2 saturated carbocycles. The van der Waals surface area contributed by atoms with Crippen molar-refractivity contribution in [3.05, 3.63) is 0 Å². The third-order valence-corrected chi connectivity index (χ3v) is 6.09. The van der Waals surface area contributed by atoms with Crippen LogP contribution in [0.3, 0.4) is 0 Å². The number of nitriles is 1. The molecule has 3 rings (SSSR count). The van der Waals surface area contributed by atoms with Gasteiger partial charge in [0.2, 0.25) is 5.71 Å². The topological polar surface area (TPSA) is 115 Å². The van der Waals surface area contributed by atoms with Crippen molar-refractivity contribution in [2.45, 2.75) is 38.7 Å². The molecule has 0 radical (unpaired) electrons. The lowest BCUT2D eigenvalue weighted by Gasteiger charge is -2.38. The highest BCUT2D eigenvalue weighted by Crippen LogP contribution is 2.75. The normalized spacial score (nSPS) is 43.7. The predicted molar refractivity (Wildman–Crippen MR) is 70.6 cm³/mol. The SMILES string of the molecule is CC12COC3(C(=O)O/N=C(/C#N)C(N)=O)CC1CCC32C. The van der Waals surface area contributed by atoms with E-state index >= 15 is 0 Å². The van der Waals surface area contributed by atoms with E-state index in [-0.39, 0.29) is 10.8 Å². The molecule has 112 valence electrons. The molecular weight excluding hydrogens is 274 g/mol. The van der Waals surface area contributed by atoms with Gasteiger partial charge in [0.25, 0.3) is 5.91 Å². The van der Waals surface area contributed by atoms with Crippen LogP contribution in [0.25, 0.3) is 0 Å². The minimum atomic E-state index is -1.03. The third-order valence-electron chi connectivity index (χ3n) is 6.09. The number of hydrogen-bond donors (Lipinski definition) is 1. The Hall–Kier alpha value is -1.94. The fourth-order valence-corrected chi connectivity index (χ4v) is 4.50. The minimum absolute atomic E-state index is 0.0303. The van der Waals surface area contributed by atoms with Crippen molar-refractivity contribution in [3.63, 3.8) is 0 Å². The number of primary amides is 1. The summed E-state index contributed by atoms with van der Waals surface area (Å²) in [5, 5.41) is 12.0. The first-order chi connectivity index (χ1) is 9.81. The molecule has 4 bridgehead atoms. The van der Waals surface area contributed by atoms with Crippen LogP contribution in [0.5, 0.6) is 0 Å². The van der Waals surface area contributed by atoms with Crippen LogP contribution in [0, 0.1) is 28.1 Å². The number of carbonyl (C=O) groups excluding carboxylic acids is 2. The zero-order valence-electron chi connectivity index (χ0n) is 12.0. The van der Waals surface area contributed by atoms with E-state index in [0.29, 0.717) is 18.9 Å². The van der Waals surface area contributed by atoms with Gasteiger partial charge in [-0.15, -0.1) is 0 Å². The lowest BCUT2D eigenvalue weighted by molar-refractivity contribution is -0.181. The molecule has 3 aliphatic rings. The zero-order chi connectivity index (χ0) is 15.5. The molecule has 3 fully saturated rings. The monoisotopic (exact) mass is 291 g/mol. The predicted octanol–water partition coefficient (Wildman–Crippen LogP) is 0.490. The molecule has 1 amide bonds. The summed E-state index contributed by atoms with van der Waals surface area (Å²) in [5.74, 6) is -1.23. The highest BCUT2D eigenvalue weighted by Gasteiger charge is 2.79. The molecule has 0 aromatic carbocycles. The van der Waals surface area contributed by atoms with Crippen molar-refractivity contribution in [1.82, 2.24) is 0 Å². The van der Waals surface area contributed by atoms with Gasteiger partial charge in [0.15, 0.2) is 5.60 Å². The van der Waals surface area contributed by atoms with E-state index in [0.717, 1.165) is 12.8 Å². The molecule has 0 spiro atoms. The number of amides is 1. The van der Waals surface area contributed by atoms with Gasteiger partial charge in [0.1, 0.15) is 6.07 Å². The molecule has 7 nitrogen and oxygen atoms in total. The first-order valence-electron chi connectivity index (χ1n) is 6.94. The summed E-state index contributed by atoms with van der Waals surface area (Å²) in [5.41, 5.74) is 2.98. The van der Waals surface area contributed by atoms with Crippen molar-refractivity contribution in [1.29, 1.82) is 5.26 Å². The molecule has 2 N–H and O–H groups in total. The summed E-state index contributed by atoms with van der Waals surface area (Å²) in [7, 11) is 0. The summed E-state index contributed by atoms with van der Waals surface area (Å²) in [6.07, 6.45) is 2.58. The molecule has 1 heterocycles. The summed E-state index contributed by atoms with van der Waals surface area (Å²) >= 11 is 0. The molecule has 1 aliphatic heterocycles. The Morgan fingerprint density at radius 2 is 2.19 bits per heavy atom. The summed E-state index contributed by atoms with van der Waals surface area (Å²) < 4.78 is 5.82. The second-order valence-corrected chi connectivity index (χ2v) is 6.60. The van der Waals surface area contributed by atoms with E-state index in [1.807, 2.05) is 0 Å². The average Bonchev–Trinajstić information content (AvgIpc) is 2.91. The second-order valence-electron chi connectivity index (χ2n) is 6.60. The van der Waals surface area contributed by atoms with Crippen molar-refractivity contribution in [3.8, 4) is 6.07 Å². The highest BCUT2D eigenvalue weighted by atomic mass is 16.7. The van der Waals surface area contributed by atoms with Crippen LogP contribution in [0.4, 0.5) is 0 Å². The Labute approximate surface area is 122 Å². The summed E-state index contributed by atoms with van der Waals surface area (Å²) in [6.45, 7) is 4.73. The molecule has 0 aromatic rings.